The molecule has 3 rings (SSSR count). The molecule has 0 saturated carbocycles. The third-order valence-corrected chi connectivity index (χ3v) is 5.82. The first-order valence-corrected chi connectivity index (χ1v) is 10.3. The third-order valence-electron chi connectivity index (χ3n) is 4.87. The number of piperazine rings is 1. The lowest BCUT2D eigenvalue weighted by atomic mass is 10.1. The predicted molar refractivity (Wildman–Crippen MR) is 101 cm³/mol. The molecule has 0 spiro atoms. The molecule has 3 heterocycles. The SMILES string of the molecule is CC(C)CCC(=O)N1CCN(c2nc(CN3CCOCC3)cs2)CC1. The van der Waals surface area contributed by atoms with Gasteiger partial charge in [0.1, 0.15) is 0 Å². The van der Waals surface area contributed by atoms with Crippen molar-refractivity contribution in [2.24, 2.45) is 5.92 Å². The third kappa shape index (κ3) is 5.39. The first-order valence-electron chi connectivity index (χ1n) is 9.39. The molecule has 2 aliphatic heterocycles. The van der Waals surface area contributed by atoms with Crippen molar-refractivity contribution in [2.75, 3.05) is 57.4 Å². The number of rotatable bonds is 6. The van der Waals surface area contributed by atoms with E-state index in [-0.39, 0.29) is 0 Å². The Morgan fingerprint density at radius 2 is 1.92 bits per heavy atom. The number of nitrogens with zero attached hydrogens (tertiary/aromatic N) is 4. The highest BCUT2D eigenvalue weighted by Gasteiger charge is 2.23. The molecule has 2 fully saturated rings. The van der Waals surface area contributed by atoms with Crippen LogP contribution in [0.15, 0.2) is 5.38 Å². The fourth-order valence-electron chi connectivity index (χ4n) is 3.22. The Morgan fingerprint density at radius 3 is 2.60 bits per heavy atom. The van der Waals surface area contributed by atoms with E-state index in [2.05, 4.69) is 29.0 Å². The van der Waals surface area contributed by atoms with Gasteiger partial charge >= 0.3 is 0 Å². The average Bonchev–Trinajstić information content (AvgIpc) is 3.09. The number of hydrogen-bond acceptors (Lipinski definition) is 6. The number of morpholine rings is 1. The number of carbonyl (C=O) groups is 1. The van der Waals surface area contributed by atoms with E-state index in [9.17, 15) is 4.79 Å². The molecule has 1 aromatic rings. The molecule has 6 nitrogen and oxygen atoms in total. The molecule has 1 aromatic heterocycles. The van der Waals surface area contributed by atoms with E-state index in [0.29, 0.717) is 18.2 Å². The van der Waals surface area contributed by atoms with Crippen LogP contribution in [0.1, 0.15) is 32.4 Å². The number of carbonyl (C=O) groups excluding carboxylic acids is 1. The molecule has 1 amide bonds. The summed E-state index contributed by atoms with van der Waals surface area (Å²) < 4.78 is 5.40. The molecule has 2 saturated heterocycles. The Hall–Kier alpha value is -1.18. The Kier molecular flexibility index (Phi) is 6.67. The van der Waals surface area contributed by atoms with Crippen molar-refractivity contribution in [3.8, 4) is 0 Å². The summed E-state index contributed by atoms with van der Waals surface area (Å²) in [5.41, 5.74) is 1.15. The highest BCUT2D eigenvalue weighted by atomic mass is 32.1. The van der Waals surface area contributed by atoms with Gasteiger partial charge in [0.25, 0.3) is 0 Å². The molecule has 0 aliphatic carbocycles. The van der Waals surface area contributed by atoms with Gasteiger partial charge in [-0.25, -0.2) is 4.98 Å². The molecule has 0 radical (unpaired) electrons. The molecular weight excluding hydrogens is 336 g/mol. The molecule has 0 bridgehead atoms. The summed E-state index contributed by atoms with van der Waals surface area (Å²) in [6.45, 7) is 12.3. The topological polar surface area (TPSA) is 48.9 Å². The van der Waals surface area contributed by atoms with Crippen molar-refractivity contribution in [3.63, 3.8) is 0 Å². The molecule has 140 valence electrons. The van der Waals surface area contributed by atoms with E-state index < -0.39 is 0 Å². The lowest BCUT2D eigenvalue weighted by Gasteiger charge is -2.34. The largest absolute Gasteiger partial charge is 0.379 e. The van der Waals surface area contributed by atoms with Crippen molar-refractivity contribution in [1.29, 1.82) is 0 Å². The number of anilines is 1. The van der Waals surface area contributed by atoms with E-state index in [4.69, 9.17) is 9.72 Å². The van der Waals surface area contributed by atoms with Gasteiger partial charge in [0.15, 0.2) is 5.13 Å². The summed E-state index contributed by atoms with van der Waals surface area (Å²) in [6.07, 6.45) is 1.66. The van der Waals surface area contributed by atoms with E-state index in [1.54, 1.807) is 11.3 Å². The summed E-state index contributed by atoms with van der Waals surface area (Å²) >= 11 is 1.72. The lowest BCUT2D eigenvalue weighted by molar-refractivity contribution is -0.131. The van der Waals surface area contributed by atoms with Crippen LogP contribution in [0.3, 0.4) is 0 Å². The quantitative estimate of drug-likeness (QED) is 0.771. The zero-order valence-electron chi connectivity index (χ0n) is 15.4. The Balaban J connectivity index is 1.45. The highest BCUT2D eigenvalue weighted by molar-refractivity contribution is 7.13. The number of hydrogen-bond donors (Lipinski definition) is 0. The van der Waals surface area contributed by atoms with Gasteiger partial charge in [0.05, 0.1) is 18.9 Å². The van der Waals surface area contributed by atoms with Crippen LogP contribution >= 0.6 is 11.3 Å². The predicted octanol–water partition coefficient (Wildman–Crippen LogP) is 2.06. The summed E-state index contributed by atoms with van der Waals surface area (Å²) in [4.78, 5) is 23.8. The first-order chi connectivity index (χ1) is 12.1. The van der Waals surface area contributed by atoms with Gasteiger partial charge in [-0.05, 0) is 12.3 Å². The van der Waals surface area contributed by atoms with Gasteiger partial charge in [0, 0.05) is 57.6 Å². The van der Waals surface area contributed by atoms with Gasteiger partial charge in [-0.3, -0.25) is 9.69 Å². The maximum atomic E-state index is 12.2. The van der Waals surface area contributed by atoms with Crippen LogP contribution in [0.25, 0.3) is 0 Å². The van der Waals surface area contributed by atoms with Crippen LogP contribution in [-0.4, -0.2) is 73.2 Å². The molecule has 0 N–H and O–H groups in total. The Labute approximate surface area is 154 Å². The minimum atomic E-state index is 0.306. The molecule has 2 aliphatic rings. The van der Waals surface area contributed by atoms with Crippen molar-refractivity contribution < 1.29 is 9.53 Å². The van der Waals surface area contributed by atoms with Crippen LogP contribution in [0.2, 0.25) is 0 Å². The summed E-state index contributed by atoms with van der Waals surface area (Å²) in [6, 6.07) is 0. The average molecular weight is 367 g/mol. The van der Waals surface area contributed by atoms with Gasteiger partial charge < -0.3 is 14.5 Å². The standard InChI is InChI=1S/C18H30N4O2S/c1-15(2)3-4-17(23)21-5-7-22(8-6-21)18-19-16(14-25-18)13-20-9-11-24-12-10-20/h14-15H,3-13H2,1-2H3. The van der Waals surface area contributed by atoms with E-state index in [0.717, 1.165) is 76.3 Å². The molecule has 0 aromatic carbocycles. The normalized spacial score (nSPS) is 19.6. The van der Waals surface area contributed by atoms with Gasteiger partial charge in [-0.1, -0.05) is 13.8 Å². The zero-order chi connectivity index (χ0) is 17.6. The van der Waals surface area contributed by atoms with Crippen LogP contribution in [-0.2, 0) is 16.1 Å². The molecule has 25 heavy (non-hydrogen) atoms. The van der Waals surface area contributed by atoms with Crippen molar-refractivity contribution >= 4 is 22.4 Å². The number of ether oxygens (including phenoxy) is 1. The van der Waals surface area contributed by atoms with Gasteiger partial charge in [-0.15, -0.1) is 11.3 Å². The number of thiazole rings is 1. The minimum Gasteiger partial charge on any atom is -0.379 e. The van der Waals surface area contributed by atoms with Crippen molar-refractivity contribution in [3.05, 3.63) is 11.1 Å². The number of amides is 1. The second-order valence-electron chi connectivity index (χ2n) is 7.31. The highest BCUT2D eigenvalue weighted by Crippen LogP contribution is 2.23. The van der Waals surface area contributed by atoms with Crippen molar-refractivity contribution in [1.82, 2.24) is 14.8 Å². The van der Waals surface area contributed by atoms with E-state index in [1.807, 2.05) is 4.90 Å². The van der Waals surface area contributed by atoms with Crippen LogP contribution < -0.4 is 4.90 Å². The van der Waals surface area contributed by atoms with Crippen molar-refractivity contribution in [2.45, 2.75) is 33.2 Å². The maximum Gasteiger partial charge on any atom is 0.222 e. The zero-order valence-corrected chi connectivity index (χ0v) is 16.3. The Bertz CT molecular complexity index is 549. The first kappa shape index (κ1) is 18.6. The fraction of sp³-hybridized carbons (Fsp3) is 0.778. The molecule has 0 atom stereocenters. The maximum absolute atomic E-state index is 12.2. The van der Waals surface area contributed by atoms with Gasteiger partial charge in [-0.2, -0.15) is 0 Å². The smallest absolute Gasteiger partial charge is 0.222 e. The lowest BCUT2D eigenvalue weighted by Crippen LogP contribution is -2.48. The monoisotopic (exact) mass is 366 g/mol. The van der Waals surface area contributed by atoms with Gasteiger partial charge in [0.2, 0.25) is 5.91 Å². The second kappa shape index (κ2) is 8.96. The van der Waals surface area contributed by atoms with Crippen LogP contribution in [0.5, 0.6) is 0 Å². The minimum absolute atomic E-state index is 0.306. The number of aromatic nitrogens is 1. The van der Waals surface area contributed by atoms with E-state index in [1.165, 1.54) is 0 Å². The summed E-state index contributed by atoms with van der Waals surface area (Å²) in [7, 11) is 0. The summed E-state index contributed by atoms with van der Waals surface area (Å²) in [5.74, 6) is 0.894. The van der Waals surface area contributed by atoms with E-state index >= 15 is 0 Å². The van der Waals surface area contributed by atoms with Crippen LogP contribution in [0, 0.1) is 5.92 Å². The molecule has 7 heteroatoms. The fourth-order valence-corrected chi connectivity index (χ4v) is 4.09. The van der Waals surface area contributed by atoms with Crippen LogP contribution in [0.4, 0.5) is 5.13 Å². The molecular formula is C18H30N4O2S. The summed E-state index contributed by atoms with van der Waals surface area (Å²) in [5, 5.41) is 3.27. The Morgan fingerprint density at radius 1 is 1.20 bits per heavy atom. The molecule has 0 unspecified atom stereocenters. The second-order valence-corrected chi connectivity index (χ2v) is 8.15.